The predicted octanol–water partition coefficient (Wildman–Crippen LogP) is 1.51. The standard InChI is InChI=1S/C12H16N2O2/c1-16-11-5-3-7-14(8-11)12-10(9-15)4-2-6-13-12/h2,4,6,9,11H,3,5,7-8H2,1H3. The molecule has 0 amide bonds. The molecule has 0 saturated carbocycles. The minimum absolute atomic E-state index is 0.246. The number of methoxy groups -OCH3 is 1. The Morgan fingerprint density at radius 1 is 1.62 bits per heavy atom. The van der Waals surface area contributed by atoms with Crippen LogP contribution < -0.4 is 4.90 Å². The number of nitrogens with zero attached hydrogens (tertiary/aromatic N) is 2. The van der Waals surface area contributed by atoms with Crippen LogP contribution in [0.3, 0.4) is 0 Å². The summed E-state index contributed by atoms with van der Waals surface area (Å²) in [7, 11) is 1.73. The molecule has 1 aliphatic rings. The number of hydrogen-bond acceptors (Lipinski definition) is 4. The zero-order valence-corrected chi connectivity index (χ0v) is 9.43. The van der Waals surface area contributed by atoms with Gasteiger partial charge in [0.05, 0.1) is 11.7 Å². The van der Waals surface area contributed by atoms with Gasteiger partial charge in [-0.15, -0.1) is 0 Å². The Labute approximate surface area is 95.2 Å². The largest absolute Gasteiger partial charge is 0.380 e. The number of pyridine rings is 1. The molecule has 1 aromatic heterocycles. The van der Waals surface area contributed by atoms with Crippen molar-refractivity contribution in [1.29, 1.82) is 0 Å². The molecule has 1 aliphatic heterocycles. The molecule has 2 rings (SSSR count). The summed E-state index contributed by atoms with van der Waals surface area (Å²) in [5.41, 5.74) is 0.652. The highest BCUT2D eigenvalue weighted by Gasteiger charge is 2.21. The molecule has 1 saturated heterocycles. The van der Waals surface area contributed by atoms with Gasteiger partial charge in [0.2, 0.25) is 0 Å². The fraction of sp³-hybridized carbons (Fsp3) is 0.500. The third-order valence-electron chi connectivity index (χ3n) is 2.95. The van der Waals surface area contributed by atoms with Crippen molar-refractivity contribution in [2.24, 2.45) is 0 Å². The maximum Gasteiger partial charge on any atom is 0.153 e. The lowest BCUT2D eigenvalue weighted by Gasteiger charge is -2.33. The lowest BCUT2D eigenvalue weighted by molar-refractivity contribution is 0.0890. The highest BCUT2D eigenvalue weighted by atomic mass is 16.5. The first-order chi connectivity index (χ1) is 7.85. The first-order valence-corrected chi connectivity index (χ1v) is 5.53. The molecule has 0 bridgehead atoms. The predicted molar refractivity (Wildman–Crippen MR) is 61.9 cm³/mol. The number of carbonyl (C=O) groups excluding carboxylic acids is 1. The van der Waals surface area contributed by atoms with E-state index in [4.69, 9.17) is 4.74 Å². The molecule has 86 valence electrons. The number of aromatic nitrogens is 1. The van der Waals surface area contributed by atoms with E-state index in [0.29, 0.717) is 5.56 Å². The Hall–Kier alpha value is -1.42. The fourth-order valence-corrected chi connectivity index (χ4v) is 2.09. The Kier molecular flexibility index (Phi) is 3.51. The number of hydrogen-bond donors (Lipinski definition) is 0. The Bertz CT molecular complexity index is 368. The highest BCUT2D eigenvalue weighted by Crippen LogP contribution is 2.21. The average Bonchev–Trinajstić information content (AvgIpc) is 2.38. The number of ether oxygens (including phenoxy) is 1. The maximum absolute atomic E-state index is 10.9. The highest BCUT2D eigenvalue weighted by molar-refractivity contribution is 5.82. The topological polar surface area (TPSA) is 42.4 Å². The summed E-state index contributed by atoms with van der Waals surface area (Å²) >= 11 is 0. The fourth-order valence-electron chi connectivity index (χ4n) is 2.09. The molecular weight excluding hydrogens is 204 g/mol. The Balaban J connectivity index is 2.19. The van der Waals surface area contributed by atoms with E-state index < -0.39 is 0 Å². The lowest BCUT2D eigenvalue weighted by Crippen LogP contribution is -2.40. The molecule has 4 nitrogen and oxygen atoms in total. The summed E-state index contributed by atoms with van der Waals surface area (Å²) in [5.74, 6) is 0.777. The summed E-state index contributed by atoms with van der Waals surface area (Å²) < 4.78 is 5.36. The number of anilines is 1. The van der Waals surface area contributed by atoms with Gasteiger partial charge in [-0.25, -0.2) is 4.98 Å². The van der Waals surface area contributed by atoms with E-state index in [0.717, 1.165) is 38.0 Å². The van der Waals surface area contributed by atoms with E-state index in [-0.39, 0.29) is 6.10 Å². The van der Waals surface area contributed by atoms with Crippen molar-refractivity contribution >= 4 is 12.1 Å². The van der Waals surface area contributed by atoms with Crippen LogP contribution in [0.15, 0.2) is 18.3 Å². The first kappa shape index (κ1) is 11.1. The van der Waals surface area contributed by atoms with E-state index >= 15 is 0 Å². The summed E-state index contributed by atoms with van der Waals surface area (Å²) in [5, 5.41) is 0. The van der Waals surface area contributed by atoms with Crippen LogP contribution in [0.4, 0.5) is 5.82 Å². The summed E-state index contributed by atoms with van der Waals surface area (Å²) in [6.45, 7) is 1.76. The van der Waals surface area contributed by atoms with Crippen molar-refractivity contribution in [3.63, 3.8) is 0 Å². The molecule has 0 radical (unpaired) electrons. The Morgan fingerprint density at radius 3 is 3.25 bits per heavy atom. The molecule has 0 N–H and O–H groups in total. The van der Waals surface area contributed by atoms with Crippen molar-refractivity contribution in [2.75, 3.05) is 25.1 Å². The van der Waals surface area contributed by atoms with E-state index in [1.165, 1.54) is 0 Å². The monoisotopic (exact) mass is 220 g/mol. The van der Waals surface area contributed by atoms with Gasteiger partial charge in [0.1, 0.15) is 5.82 Å². The van der Waals surface area contributed by atoms with Gasteiger partial charge < -0.3 is 9.64 Å². The van der Waals surface area contributed by atoms with Crippen molar-refractivity contribution in [1.82, 2.24) is 4.98 Å². The van der Waals surface area contributed by atoms with Crippen LogP contribution in [0.1, 0.15) is 23.2 Å². The van der Waals surface area contributed by atoms with Gasteiger partial charge in [0.15, 0.2) is 6.29 Å². The maximum atomic E-state index is 10.9. The van der Waals surface area contributed by atoms with E-state index in [1.54, 1.807) is 25.4 Å². The quantitative estimate of drug-likeness (QED) is 0.724. The third kappa shape index (κ3) is 2.22. The van der Waals surface area contributed by atoms with Crippen molar-refractivity contribution in [3.8, 4) is 0 Å². The van der Waals surface area contributed by atoms with Gasteiger partial charge in [-0.05, 0) is 25.0 Å². The van der Waals surface area contributed by atoms with Crippen molar-refractivity contribution in [2.45, 2.75) is 18.9 Å². The van der Waals surface area contributed by atoms with Crippen molar-refractivity contribution in [3.05, 3.63) is 23.9 Å². The molecule has 0 aromatic carbocycles. The van der Waals surface area contributed by atoms with Gasteiger partial charge in [-0.1, -0.05) is 0 Å². The molecule has 1 atom stereocenters. The summed E-state index contributed by atoms with van der Waals surface area (Å²) in [4.78, 5) is 17.3. The van der Waals surface area contributed by atoms with Crippen LogP contribution in [0.25, 0.3) is 0 Å². The molecule has 16 heavy (non-hydrogen) atoms. The van der Waals surface area contributed by atoms with Gasteiger partial charge in [-0.2, -0.15) is 0 Å². The lowest BCUT2D eigenvalue weighted by atomic mass is 10.1. The Morgan fingerprint density at radius 2 is 2.50 bits per heavy atom. The van der Waals surface area contributed by atoms with Gasteiger partial charge >= 0.3 is 0 Å². The number of rotatable bonds is 3. The van der Waals surface area contributed by atoms with Gasteiger partial charge in [-0.3, -0.25) is 4.79 Å². The smallest absolute Gasteiger partial charge is 0.153 e. The zero-order chi connectivity index (χ0) is 11.4. The second kappa shape index (κ2) is 5.07. The molecule has 0 spiro atoms. The van der Waals surface area contributed by atoms with Crippen molar-refractivity contribution < 1.29 is 9.53 Å². The molecule has 1 fully saturated rings. The van der Waals surface area contributed by atoms with Crippen LogP contribution in [-0.2, 0) is 4.74 Å². The van der Waals surface area contributed by atoms with E-state index in [1.807, 2.05) is 0 Å². The van der Waals surface area contributed by atoms with E-state index in [9.17, 15) is 4.79 Å². The van der Waals surface area contributed by atoms with Gasteiger partial charge in [0, 0.05) is 26.4 Å². The molecule has 0 aliphatic carbocycles. The minimum atomic E-state index is 0.246. The van der Waals surface area contributed by atoms with Crippen LogP contribution in [0.5, 0.6) is 0 Å². The third-order valence-corrected chi connectivity index (χ3v) is 2.95. The number of aldehydes is 1. The normalized spacial score (nSPS) is 20.8. The second-order valence-electron chi connectivity index (χ2n) is 3.98. The number of piperidine rings is 1. The second-order valence-corrected chi connectivity index (χ2v) is 3.98. The molecule has 1 aromatic rings. The van der Waals surface area contributed by atoms with Crippen LogP contribution in [0.2, 0.25) is 0 Å². The van der Waals surface area contributed by atoms with Crippen LogP contribution in [0, 0.1) is 0 Å². The summed E-state index contributed by atoms with van der Waals surface area (Å²) in [6, 6.07) is 3.58. The molecule has 4 heteroatoms. The van der Waals surface area contributed by atoms with Crippen LogP contribution >= 0.6 is 0 Å². The van der Waals surface area contributed by atoms with Gasteiger partial charge in [0.25, 0.3) is 0 Å². The minimum Gasteiger partial charge on any atom is -0.380 e. The summed E-state index contributed by atoms with van der Waals surface area (Å²) in [6.07, 6.45) is 4.98. The van der Waals surface area contributed by atoms with E-state index in [2.05, 4.69) is 9.88 Å². The first-order valence-electron chi connectivity index (χ1n) is 5.53. The average molecular weight is 220 g/mol. The number of carbonyl (C=O) groups is 1. The molecule has 2 heterocycles. The zero-order valence-electron chi connectivity index (χ0n) is 9.43. The molecule has 1 unspecified atom stereocenters. The molecular formula is C12H16N2O2. The SMILES string of the molecule is COC1CCCN(c2ncccc2C=O)C1. The van der Waals surface area contributed by atoms with Crippen LogP contribution in [-0.4, -0.2) is 37.6 Å².